The summed E-state index contributed by atoms with van der Waals surface area (Å²) in [5.74, 6) is -0.887. The number of hydrogen-bond donors (Lipinski definition) is 0. The fourth-order valence-corrected chi connectivity index (χ4v) is 4.64. The molecule has 0 aliphatic carbocycles. The summed E-state index contributed by atoms with van der Waals surface area (Å²) in [6.45, 7) is 12.3. The van der Waals surface area contributed by atoms with Gasteiger partial charge in [-0.3, -0.25) is 0 Å². The van der Waals surface area contributed by atoms with Crippen LogP contribution in [0.1, 0.15) is 52.9 Å². The van der Waals surface area contributed by atoms with E-state index in [-0.39, 0.29) is 40.3 Å². The number of carbonyl (C=O) groups excluding carboxylic acids is 2. The largest absolute Gasteiger partial charge is 0.430 e. The van der Waals surface area contributed by atoms with Crippen LogP contribution in [0.5, 0.6) is 23.0 Å². The summed E-state index contributed by atoms with van der Waals surface area (Å²) in [4.78, 5) is 24.1. The number of para-hydroxylation sites is 4. The van der Waals surface area contributed by atoms with Crippen molar-refractivity contribution >= 4 is 19.5 Å². The molecule has 0 spiro atoms. The molecule has 8 heteroatoms. The van der Waals surface area contributed by atoms with Gasteiger partial charge in [0.25, 0.3) is 0 Å². The molecule has 0 aromatic heterocycles. The lowest BCUT2D eigenvalue weighted by atomic mass is 10.2. The van der Waals surface area contributed by atoms with E-state index in [2.05, 4.69) is 20.1 Å². The Balaban J connectivity index is 2.34. The molecule has 0 saturated heterocycles. The monoisotopic (exact) mass is 500 g/mol. The molecule has 0 N–H and O–H groups in total. The van der Waals surface area contributed by atoms with Gasteiger partial charge in [-0.05, 0) is 44.5 Å². The summed E-state index contributed by atoms with van der Waals surface area (Å²) < 4.78 is 36.5. The fraction of sp³-hybridized carbons (Fsp3) is 0.333. The molecule has 0 radical (unpaired) electrons. The lowest BCUT2D eigenvalue weighted by Crippen LogP contribution is -2.12. The highest BCUT2D eigenvalue weighted by molar-refractivity contribution is 7.54. The molecular weight excluding hydrogens is 467 g/mol. The highest BCUT2D eigenvalue weighted by Gasteiger charge is 2.31. The smallest absolute Gasteiger partial charge is 0.419 e. The Morgan fingerprint density at radius 1 is 0.714 bits per heavy atom. The molecule has 2 aromatic carbocycles. The molecule has 0 atom stereocenters. The predicted octanol–water partition coefficient (Wildman–Crippen LogP) is 7.27. The second-order valence-electron chi connectivity index (χ2n) is 8.16. The lowest BCUT2D eigenvalue weighted by molar-refractivity contribution is -0.131. The standard InChI is InChI=1S/C27H33O7P/c1-6-7-8-9-14-19-35(30,33-24-17-12-10-15-22(24)31-26(28)20(2)3)34-25-18-13-11-16-23(25)32-27(29)21(4)5/h10-13,15-18H,2,4,6-9,14,19H2,1,3,5H3. The Morgan fingerprint density at radius 2 is 1.11 bits per heavy atom. The van der Waals surface area contributed by atoms with E-state index >= 15 is 0 Å². The lowest BCUT2D eigenvalue weighted by Gasteiger charge is -2.22. The summed E-state index contributed by atoms with van der Waals surface area (Å²) in [7, 11) is -3.83. The number of esters is 2. The van der Waals surface area contributed by atoms with Crippen LogP contribution in [0.25, 0.3) is 0 Å². The second-order valence-corrected chi connectivity index (χ2v) is 10.2. The van der Waals surface area contributed by atoms with Crippen molar-refractivity contribution in [1.29, 1.82) is 0 Å². The van der Waals surface area contributed by atoms with E-state index in [4.69, 9.17) is 18.5 Å². The van der Waals surface area contributed by atoms with E-state index in [9.17, 15) is 14.2 Å². The van der Waals surface area contributed by atoms with Crippen molar-refractivity contribution in [1.82, 2.24) is 0 Å². The van der Waals surface area contributed by atoms with Gasteiger partial charge in [-0.2, -0.15) is 0 Å². The first kappa shape index (κ1) is 27.9. The maximum absolute atomic E-state index is 14.0. The summed E-state index contributed by atoms with van der Waals surface area (Å²) in [5, 5.41) is 0. The minimum atomic E-state index is -3.83. The zero-order valence-corrected chi connectivity index (χ0v) is 21.5. The van der Waals surface area contributed by atoms with Crippen molar-refractivity contribution in [3.8, 4) is 23.0 Å². The quantitative estimate of drug-likeness (QED) is 0.0886. The van der Waals surface area contributed by atoms with Crippen molar-refractivity contribution in [3.63, 3.8) is 0 Å². The zero-order valence-electron chi connectivity index (χ0n) is 20.6. The fourth-order valence-electron chi connectivity index (χ4n) is 2.91. The third-order valence-electron chi connectivity index (χ3n) is 4.81. The van der Waals surface area contributed by atoms with E-state index in [1.165, 1.54) is 26.0 Å². The average Bonchev–Trinajstić information content (AvgIpc) is 2.81. The van der Waals surface area contributed by atoms with E-state index < -0.39 is 19.5 Å². The van der Waals surface area contributed by atoms with Crippen LogP contribution in [0, 0.1) is 0 Å². The van der Waals surface area contributed by atoms with E-state index in [1.54, 1.807) is 36.4 Å². The van der Waals surface area contributed by atoms with Gasteiger partial charge in [0.05, 0.1) is 6.16 Å². The Bertz CT molecular complexity index is 1030. The molecule has 0 heterocycles. The van der Waals surface area contributed by atoms with Gasteiger partial charge in [-0.25, -0.2) is 14.2 Å². The SMILES string of the molecule is C=C(C)C(=O)Oc1ccccc1OP(=O)(CCCCCCC)Oc1ccccc1OC(=O)C(=C)C. The van der Waals surface area contributed by atoms with Crippen molar-refractivity contribution < 1.29 is 32.7 Å². The maximum atomic E-state index is 14.0. The van der Waals surface area contributed by atoms with E-state index in [0.717, 1.165) is 25.7 Å². The molecule has 0 fully saturated rings. The van der Waals surface area contributed by atoms with Gasteiger partial charge in [0.15, 0.2) is 23.0 Å². The molecule has 2 aromatic rings. The molecular formula is C27H33O7P. The van der Waals surface area contributed by atoms with Crippen LogP contribution in [-0.2, 0) is 14.2 Å². The molecule has 35 heavy (non-hydrogen) atoms. The number of rotatable bonds is 14. The molecule has 0 amide bonds. The minimum Gasteiger partial charge on any atom is -0.419 e. The number of benzene rings is 2. The summed E-state index contributed by atoms with van der Waals surface area (Å²) in [6.07, 6.45) is 4.71. The van der Waals surface area contributed by atoms with Gasteiger partial charge in [-0.1, -0.05) is 70.0 Å². The Labute approximate surface area is 207 Å². The normalized spacial score (nSPS) is 10.8. The van der Waals surface area contributed by atoms with Gasteiger partial charge in [-0.15, -0.1) is 0 Å². The summed E-state index contributed by atoms with van der Waals surface area (Å²) in [6, 6.07) is 12.8. The van der Waals surface area contributed by atoms with Crippen molar-refractivity contribution in [2.24, 2.45) is 0 Å². The maximum Gasteiger partial charge on any atom is 0.430 e. The van der Waals surface area contributed by atoms with Crippen LogP contribution >= 0.6 is 7.60 Å². The molecule has 7 nitrogen and oxygen atoms in total. The van der Waals surface area contributed by atoms with Gasteiger partial charge in [0.1, 0.15) is 0 Å². The Hall–Kier alpha value is -3.31. The minimum absolute atomic E-state index is 0.0930. The van der Waals surface area contributed by atoms with Gasteiger partial charge >= 0.3 is 19.5 Å². The second kappa shape index (κ2) is 13.5. The van der Waals surface area contributed by atoms with Crippen LogP contribution in [-0.4, -0.2) is 18.1 Å². The van der Waals surface area contributed by atoms with Gasteiger partial charge in [0, 0.05) is 11.1 Å². The first-order valence-electron chi connectivity index (χ1n) is 11.6. The van der Waals surface area contributed by atoms with Crippen LogP contribution in [0.4, 0.5) is 0 Å². The predicted molar refractivity (Wildman–Crippen MR) is 136 cm³/mol. The highest BCUT2D eigenvalue weighted by atomic mass is 31.2. The molecule has 188 valence electrons. The Morgan fingerprint density at radius 3 is 1.51 bits per heavy atom. The van der Waals surface area contributed by atoms with Crippen LogP contribution in [0.2, 0.25) is 0 Å². The molecule has 0 bridgehead atoms. The summed E-state index contributed by atoms with van der Waals surface area (Å²) >= 11 is 0. The number of unbranched alkanes of at least 4 members (excludes halogenated alkanes) is 4. The summed E-state index contributed by atoms with van der Waals surface area (Å²) in [5.41, 5.74) is 0.423. The molecule has 0 unspecified atom stereocenters. The molecule has 0 aliphatic heterocycles. The molecule has 0 aliphatic rings. The van der Waals surface area contributed by atoms with Crippen LogP contribution in [0.3, 0.4) is 0 Å². The first-order valence-corrected chi connectivity index (χ1v) is 13.3. The number of carbonyl (C=O) groups is 2. The number of hydrogen-bond acceptors (Lipinski definition) is 7. The molecule has 2 rings (SSSR count). The first-order chi connectivity index (χ1) is 16.6. The molecule has 0 saturated carbocycles. The zero-order chi connectivity index (χ0) is 25.8. The topological polar surface area (TPSA) is 88.1 Å². The van der Waals surface area contributed by atoms with Crippen LogP contribution < -0.4 is 18.5 Å². The van der Waals surface area contributed by atoms with Crippen molar-refractivity contribution in [2.45, 2.75) is 52.9 Å². The van der Waals surface area contributed by atoms with Crippen molar-refractivity contribution in [2.75, 3.05) is 6.16 Å². The highest BCUT2D eigenvalue weighted by Crippen LogP contribution is 2.52. The van der Waals surface area contributed by atoms with Gasteiger partial charge < -0.3 is 18.5 Å². The van der Waals surface area contributed by atoms with E-state index in [0.29, 0.717) is 6.42 Å². The van der Waals surface area contributed by atoms with E-state index in [1.807, 2.05) is 0 Å². The Kier molecular flexibility index (Phi) is 10.8. The third-order valence-corrected chi connectivity index (χ3v) is 6.62. The third kappa shape index (κ3) is 9.10. The number of ether oxygens (including phenoxy) is 2. The van der Waals surface area contributed by atoms with Crippen LogP contribution in [0.15, 0.2) is 72.8 Å². The average molecular weight is 501 g/mol. The van der Waals surface area contributed by atoms with Gasteiger partial charge in [0.2, 0.25) is 0 Å². The van der Waals surface area contributed by atoms with Crippen molar-refractivity contribution in [3.05, 3.63) is 72.8 Å².